The lowest BCUT2D eigenvalue weighted by molar-refractivity contribution is 0.365. The Balaban J connectivity index is 2.15. The van der Waals surface area contributed by atoms with Crippen LogP contribution in [0.5, 0.6) is 11.8 Å². The molecule has 7 heteroatoms. The van der Waals surface area contributed by atoms with Gasteiger partial charge in [0.2, 0.25) is 11.8 Å². The van der Waals surface area contributed by atoms with Gasteiger partial charge in [-0.3, -0.25) is 0 Å². The molecule has 0 aliphatic carbocycles. The maximum absolute atomic E-state index is 5.25. The predicted octanol–water partition coefficient (Wildman–Crippen LogP) is 1.43. The molecular weight excluding hydrogens is 246 g/mol. The number of hydrogen-bond donors (Lipinski definition) is 1. The van der Waals surface area contributed by atoms with Gasteiger partial charge in [0.1, 0.15) is 17.7 Å². The summed E-state index contributed by atoms with van der Waals surface area (Å²) >= 11 is 0. The van der Waals surface area contributed by atoms with Crippen molar-refractivity contribution in [2.24, 2.45) is 0 Å². The largest absolute Gasteiger partial charge is 0.481 e. The molecule has 3 rings (SSSR count). The third kappa shape index (κ3) is 1.95. The van der Waals surface area contributed by atoms with Crippen molar-refractivity contribution in [2.45, 2.75) is 0 Å². The minimum atomic E-state index is 0.436. The molecule has 0 spiro atoms. The number of imidazole rings is 1. The van der Waals surface area contributed by atoms with Gasteiger partial charge in [-0.15, -0.1) is 0 Å². The molecule has 0 radical (unpaired) electrons. The zero-order valence-corrected chi connectivity index (χ0v) is 10.4. The average molecular weight is 257 g/mol. The van der Waals surface area contributed by atoms with Crippen molar-refractivity contribution in [2.75, 3.05) is 14.2 Å². The third-order valence-corrected chi connectivity index (χ3v) is 2.65. The average Bonchev–Trinajstić information content (AvgIpc) is 2.90. The summed E-state index contributed by atoms with van der Waals surface area (Å²) in [6, 6.07) is 3.58. The lowest BCUT2D eigenvalue weighted by atomic mass is 10.2. The molecule has 0 aromatic carbocycles. The van der Waals surface area contributed by atoms with Gasteiger partial charge in [0, 0.05) is 6.07 Å². The number of nitrogens with zero attached hydrogens (tertiary/aromatic N) is 4. The van der Waals surface area contributed by atoms with E-state index in [0.29, 0.717) is 23.2 Å². The van der Waals surface area contributed by atoms with E-state index in [4.69, 9.17) is 9.47 Å². The minimum absolute atomic E-state index is 0.436. The number of pyridine rings is 1. The van der Waals surface area contributed by atoms with Gasteiger partial charge < -0.3 is 14.5 Å². The van der Waals surface area contributed by atoms with Gasteiger partial charge in [-0.25, -0.2) is 15.0 Å². The first-order valence-electron chi connectivity index (χ1n) is 5.57. The van der Waals surface area contributed by atoms with E-state index in [9.17, 15) is 0 Å². The highest BCUT2D eigenvalue weighted by molar-refractivity contribution is 5.76. The van der Waals surface area contributed by atoms with E-state index in [0.717, 1.165) is 11.1 Å². The number of ether oxygens (including phenoxy) is 2. The Morgan fingerprint density at radius 3 is 2.74 bits per heavy atom. The molecule has 0 bridgehead atoms. The van der Waals surface area contributed by atoms with Crippen LogP contribution in [0.3, 0.4) is 0 Å². The van der Waals surface area contributed by atoms with Crippen molar-refractivity contribution in [3.8, 4) is 23.1 Å². The molecule has 0 atom stereocenters. The van der Waals surface area contributed by atoms with Crippen LogP contribution in [0.2, 0.25) is 0 Å². The van der Waals surface area contributed by atoms with Gasteiger partial charge in [0.15, 0.2) is 5.65 Å². The monoisotopic (exact) mass is 257 g/mol. The highest BCUT2D eigenvalue weighted by Crippen LogP contribution is 2.29. The van der Waals surface area contributed by atoms with E-state index >= 15 is 0 Å². The topological polar surface area (TPSA) is 85.8 Å². The summed E-state index contributed by atoms with van der Waals surface area (Å²) in [7, 11) is 3.10. The molecule has 0 aliphatic rings. The molecule has 0 amide bonds. The maximum Gasteiger partial charge on any atom is 0.227 e. The van der Waals surface area contributed by atoms with Crippen LogP contribution in [0.4, 0.5) is 0 Å². The number of H-pyrrole nitrogens is 1. The van der Waals surface area contributed by atoms with Crippen molar-refractivity contribution in [3.63, 3.8) is 0 Å². The van der Waals surface area contributed by atoms with Crippen molar-refractivity contribution in [3.05, 3.63) is 24.7 Å². The van der Waals surface area contributed by atoms with Crippen molar-refractivity contribution < 1.29 is 9.47 Å². The zero-order chi connectivity index (χ0) is 13.2. The van der Waals surface area contributed by atoms with Gasteiger partial charge in [0.05, 0.1) is 26.0 Å². The first kappa shape index (κ1) is 11.4. The number of aromatic amines is 1. The lowest BCUT2D eigenvalue weighted by Crippen LogP contribution is -1.95. The molecular formula is C12H11N5O2. The van der Waals surface area contributed by atoms with Crippen LogP contribution in [0.25, 0.3) is 22.6 Å². The fraction of sp³-hybridized carbons (Fsp3) is 0.167. The molecule has 0 saturated carbocycles. The summed E-state index contributed by atoms with van der Waals surface area (Å²) in [5, 5.41) is 0. The highest BCUT2D eigenvalue weighted by atomic mass is 16.5. The Bertz CT molecular complexity index is 692. The van der Waals surface area contributed by atoms with Crippen LogP contribution in [0, 0.1) is 0 Å². The Kier molecular flexibility index (Phi) is 2.71. The standard InChI is InChI=1S/C12H11N5O2/c1-18-9-4-3-7(12(16-9)19-2)10-15-8-5-13-6-14-11(8)17-10/h3-6H,1-2H3,(H,13,14,15,17). The van der Waals surface area contributed by atoms with Crippen LogP contribution in [0.15, 0.2) is 24.7 Å². The molecule has 3 heterocycles. The summed E-state index contributed by atoms with van der Waals surface area (Å²) in [5.41, 5.74) is 2.10. The second-order valence-corrected chi connectivity index (χ2v) is 3.76. The SMILES string of the molecule is COc1ccc(-c2nc3ncncc3[nH]2)c(OC)n1. The summed E-state index contributed by atoms with van der Waals surface area (Å²) in [5.74, 6) is 1.55. The summed E-state index contributed by atoms with van der Waals surface area (Å²) < 4.78 is 10.3. The molecule has 96 valence electrons. The zero-order valence-electron chi connectivity index (χ0n) is 10.4. The molecule has 3 aromatic rings. The van der Waals surface area contributed by atoms with E-state index < -0.39 is 0 Å². The fourth-order valence-electron chi connectivity index (χ4n) is 1.76. The van der Waals surface area contributed by atoms with E-state index in [2.05, 4.69) is 24.9 Å². The number of aromatic nitrogens is 5. The lowest BCUT2D eigenvalue weighted by Gasteiger charge is -2.06. The number of rotatable bonds is 3. The number of hydrogen-bond acceptors (Lipinski definition) is 6. The minimum Gasteiger partial charge on any atom is -0.481 e. The number of methoxy groups -OCH3 is 2. The van der Waals surface area contributed by atoms with Crippen LogP contribution in [-0.2, 0) is 0 Å². The van der Waals surface area contributed by atoms with Crippen molar-refractivity contribution >= 4 is 11.2 Å². The summed E-state index contributed by atoms with van der Waals surface area (Å²) in [6.07, 6.45) is 3.12. The summed E-state index contributed by atoms with van der Waals surface area (Å²) in [4.78, 5) is 19.7. The van der Waals surface area contributed by atoms with E-state index in [1.807, 2.05) is 6.07 Å². The predicted molar refractivity (Wildman–Crippen MR) is 68.0 cm³/mol. The summed E-state index contributed by atoms with van der Waals surface area (Å²) in [6.45, 7) is 0. The normalized spacial score (nSPS) is 10.6. The molecule has 3 aromatic heterocycles. The smallest absolute Gasteiger partial charge is 0.227 e. The van der Waals surface area contributed by atoms with E-state index in [1.165, 1.54) is 6.33 Å². The second-order valence-electron chi connectivity index (χ2n) is 3.76. The second kappa shape index (κ2) is 4.52. The number of nitrogens with one attached hydrogen (secondary N) is 1. The van der Waals surface area contributed by atoms with Gasteiger partial charge in [-0.05, 0) is 6.07 Å². The van der Waals surface area contributed by atoms with Crippen LogP contribution >= 0.6 is 0 Å². The maximum atomic E-state index is 5.25. The Morgan fingerprint density at radius 2 is 2.00 bits per heavy atom. The Labute approximate surface area is 108 Å². The van der Waals surface area contributed by atoms with Crippen LogP contribution in [-0.4, -0.2) is 39.1 Å². The van der Waals surface area contributed by atoms with Gasteiger partial charge in [0.25, 0.3) is 0 Å². The third-order valence-electron chi connectivity index (χ3n) is 2.65. The molecule has 7 nitrogen and oxygen atoms in total. The van der Waals surface area contributed by atoms with E-state index in [1.54, 1.807) is 26.5 Å². The first-order chi connectivity index (χ1) is 9.31. The van der Waals surface area contributed by atoms with Crippen LogP contribution in [0.1, 0.15) is 0 Å². The van der Waals surface area contributed by atoms with Gasteiger partial charge in [-0.1, -0.05) is 0 Å². The first-order valence-corrected chi connectivity index (χ1v) is 5.57. The molecule has 19 heavy (non-hydrogen) atoms. The molecule has 0 aliphatic heterocycles. The Morgan fingerprint density at radius 1 is 1.11 bits per heavy atom. The molecule has 0 unspecified atom stereocenters. The van der Waals surface area contributed by atoms with Crippen molar-refractivity contribution in [1.82, 2.24) is 24.9 Å². The highest BCUT2D eigenvalue weighted by Gasteiger charge is 2.13. The Hall–Kier alpha value is -2.70. The number of fused-ring (bicyclic) bond motifs is 1. The van der Waals surface area contributed by atoms with Crippen LogP contribution < -0.4 is 9.47 Å². The van der Waals surface area contributed by atoms with Crippen molar-refractivity contribution in [1.29, 1.82) is 0 Å². The van der Waals surface area contributed by atoms with Gasteiger partial charge >= 0.3 is 0 Å². The fourth-order valence-corrected chi connectivity index (χ4v) is 1.76. The molecule has 1 N–H and O–H groups in total. The molecule has 0 fully saturated rings. The molecule has 0 saturated heterocycles. The van der Waals surface area contributed by atoms with Gasteiger partial charge in [-0.2, -0.15) is 4.98 Å². The van der Waals surface area contributed by atoms with E-state index in [-0.39, 0.29) is 0 Å². The quantitative estimate of drug-likeness (QED) is 0.764.